The van der Waals surface area contributed by atoms with Crippen LogP contribution in [0.15, 0.2) is 0 Å². The van der Waals surface area contributed by atoms with Crippen molar-refractivity contribution in [3.63, 3.8) is 0 Å². The molecule has 0 spiro atoms. The van der Waals surface area contributed by atoms with E-state index in [4.69, 9.17) is 4.55 Å². The van der Waals surface area contributed by atoms with Crippen molar-refractivity contribution in [3.8, 4) is 0 Å². The minimum Gasteiger partial charge on any atom is -1.00 e. The van der Waals surface area contributed by atoms with Gasteiger partial charge < -0.3 is 1.43 Å². The first-order chi connectivity index (χ1) is 5.58. The summed E-state index contributed by atoms with van der Waals surface area (Å²) in [5.41, 5.74) is 0. The van der Waals surface area contributed by atoms with Crippen molar-refractivity contribution in [2.75, 3.05) is 23.0 Å². The second-order valence-corrected chi connectivity index (χ2v) is 5.93. The van der Waals surface area contributed by atoms with E-state index in [0.717, 1.165) is 23.0 Å². The Labute approximate surface area is 111 Å². The quantitative estimate of drug-likeness (QED) is 0.415. The van der Waals surface area contributed by atoms with Crippen molar-refractivity contribution >= 4 is 33.8 Å². The zero-order valence-electron chi connectivity index (χ0n) is 8.39. The second kappa shape index (κ2) is 6.95. The van der Waals surface area contributed by atoms with Gasteiger partial charge in [0.15, 0.2) is 0 Å². The smallest absolute Gasteiger partial charge is 1.00 e. The van der Waals surface area contributed by atoms with Crippen LogP contribution in [-0.2, 0) is 10.3 Å². The third-order valence-electron chi connectivity index (χ3n) is 1.33. The molecule has 0 radical (unpaired) electrons. The molecule has 2 N–H and O–H groups in total. The van der Waals surface area contributed by atoms with Gasteiger partial charge in [-0.3, -0.25) is 4.55 Å². The van der Waals surface area contributed by atoms with E-state index < -0.39 is 10.3 Å². The maximum absolute atomic E-state index is 10.4. The van der Waals surface area contributed by atoms with Crippen LogP contribution in [0.1, 0.15) is 1.43 Å². The Hall–Kier alpha value is 1.57. The van der Waals surface area contributed by atoms with Crippen LogP contribution in [0.5, 0.6) is 0 Å². The van der Waals surface area contributed by atoms with Crippen molar-refractivity contribution in [1.29, 1.82) is 0 Å². The molecule has 0 aromatic heterocycles. The van der Waals surface area contributed by atoms with E-state index in [9.17, 15) is 8.42 Å². The van der Waals surface area contributed by atoms with E-state index in [1.54, 1.807) is 23.5 Å². The SMILES string of the molecule is O=S(=O)(O)NC1CSCCSC1.[H-].[Na+]. The molecule has 0 aliphatic carbocycles. The molecule has 74 valence electrons. The molecule has 0 bridgehead atoms. The van der Waals surface area contributed by atoms with Crippen LogP contribution in [0, 0.1) is 0 Å². The maximum Gasteiger partial charge on any atom is 1.00 e. The van der Waals surface area contributed by atoms with Gasteiger partial charge in [0.2, 0.25) is 0 Å². The topological polar surface area (TPSA) is 66.4 Å². The summed E-state index contributed by atoms with van der Waals surface area (Å²) in [5.74, 6) is 3.59. The van der Waals surface area contributed by atoms with Crippen LogP contribution >= 0.6 is 23.5 Å². The van der Waals surface area contributed by atoms with E-state index in [1.165, 1.54) is 0 Å². The third-order valence-corrected chi connectivity index (χ3v) is 4.48. The molecular formula is C5H12NNaO3S3. The molecule has 1 aliphatic heterocycles. The molecule has 0 saturated carbocycles. The van der Waals surface area contributed by atoms with E-state index in [1.807, 2.05) is 0 Å². The molecule has 0 aromatic carbocycles. The summed E-state index contributed by atoms with van der Waals surface area (Å²) in [6.45, 7) is 0. The summed E-state index contributed by atoms with van der Waals surface area (Å²) in [6.07, 6.45) is 0. The van der Waals surface area contributed by atoms with Crippen LogP contribution in [0.2, 0.25) is 0 Å². The minimum atomic E-state index is -4.02. The van der Waals surface area contributed by atoms with Crippen molar-refractivity contribution in [3.05, 3.63) is 0 Å². The van der Waals surface area contributed by atoms with E-state index in [0.29, 0.717) is 0 Å². The number of thioether (sulfide) groups is 2. The number of nitrogens with one attached hydrogen (secondary N) is 1. The molecule has 13 heavy (non-hydrogen) atoms. The predicted molar refractivity (Wildman–Crippen MR) is 54.2 cm³/mol. The normalized spacial score (nSPS) is 20.4. The van der Waals surface area contributed by atoms with Crippen LogP contribution in [0.25, 0.3) is 0 Å². The first-order valence-electron chi connectivity index (χ1n) is 3.48. The zero-order chi connectivity index (χ0) is 9.03. The molecule has 0 unspecified atom stereocenters. The summed E-state index contributed by atoms with van der Waals surface area (Å²) in [5, 5.41) is 0. The molecule has 1 fully saturated rings. The standard InChI is InChI=1S/C5H11NO3S3.Na.H/c7-12(8,9)6-5-3-10-1-2-11-4-5;;/h5-6H,1-4H2,(H,7,8,9);;/q;+1;-1. The number of hydrogen-bond donors (Lipinski definition) is 2. The average Bonchev–Trinajstić information content (AvgIpc) is 2.12. The molecule has 0 aromatic rings. The molecule has 0 amide bonds. The molecule has 1 aliphatic rings. The van der Waals surface area contributed by atoms with Crippen LogP contribution < -0.4 is 34.3 Å². The third kappa shape index (κ3) is 7.49. The van der Waals surface area contributed by atoms with Gasteiger partial charge in [-0.15, -0.1) is 0 Å². The van der Waals surface area contributed by atoms with Crippen LogP contribution in [0.4, 0.5) is 0 Å². The molecule has 1 heterocycles. The fourth-order valence-corrected chi connectivity index (χ4v) is 4.09. The maximum atomic E-state index is 10.4. The minimum absolute atomic E-state index is 0. The van der Waals surface area contributed by atoms with Crippen LogP contribution in [-0.4, -0.2) is 42.0 Å². The number of hydrogen-bond acceptors (Lipinski definition) is 4. The van der Waals surface area contributed by atoms with Gasteiger partial charge in [0, 0.05) is 29.1 Å². The Morgan fingerprint density at radius 1 is 1.31 bits per heavy atom. The van der Waals surface area contributed by atoms with Gasteiger partial charge in [0.25, 0.3) is 0 Å². The average molecular weight is 253 g/mol. The molecule has 1 saturated heterocycles. The molecule has 8 heteroatoms. The van der Waals surface area contributed by atoms with Crippen LogP contribution in [0.3, 0.4) is 0 Å². The fourth-order valence-electron chi connectivity index (χ4n) is 0.896. The Morgan fingerprint density at radius 3 is 2.15 bits per heavy atom. The number of rotatable bonds is 2. The Bertz CT molecular complexity index is 230. The summed E-state index contributed by atoms with van der Waals surface area (Å²) in [4.78, 5) is 0. The van der Waals surface area contributed by atoms with Crippen molar-refractivity contribution in [2.45, 2.75) is 6.04 Å². The Morgan fingerprint density at radius 2 is 1.77 bits per heavy atom. The summed E-state index contributed by atoms with van der Waals surface area (Å²) >= 11 is 3.41. The Kier molecular flexibility index (Phi) is 7.78. The molecular weight excluding hydrogens is 241 g/mol. The molecule has 0 atom stereocenters. The molecule has 4 nitrogen and oxygen atoms in total. The van der Waals surface area contributed by atoms with E-state index in [2.05, 4.69) is 4.72 Å². The van der Waals surface area contributed by atoms with Gasteiger partial charge in [-0.1, -0.05) is 0 Å². The second-order valence-electron chi connectivity index (χ2n) is 2.44. The van der Waals surface area contributed by atoms with E-state index in [-0.39, 0.29) is 37.0 Å². The first kappa shape index (κ1) is 14.6. The predicted octanol–water partition coefficient (Wildman–Crippen LogP) is -2.66. The summed E-state index contributed by atoms with van der Waals surface area (Å²) in [6, 6.07) is -0.127. The van der Waals surface area contributed by atoms with Crippen molar-refractivity contribution in [2.24, 2.45) is 0 Å². The van der Waals surface area contributed by atoms with Gasteiger partial charge in [0.05, 0.1) is 0 Å². The van der Waals surface area contributed by atoms with Gasteiger partial charge >= 0.3 is 39.9 Å². The monoisotopic (exact) mass is 253 g/mol. The van der Waals surface area contributed by atoms with Gasteiger partial charge in [-0.25, -0.2) is 0 Å². The van der Waals surface area contributed by atoms with Gasteiger partial charge in [-0.05, 0) is 0 Å². The Balaban J connectivity index is 0. The largest absolute Gasteiger partial charge is 1.00 e. The van der Waals surface area contributed by atoms with Crippen molar-refractivity contribution in [1.82, 2.24) is 4.72 Å². The molecule has 1 rings (SSSR count). The van der Waals surface area contributed by atoms with E-state index >= 15 is 0 Å². The first-order valence-corrected chi connectivity index (χ1v) is 7.23. The summed E-state index contributed by atoms with van der Waals surface area (Å²) < 4.78 is 31.6. The van der Waals surface area contributed by atoms with Gasteiger partial charge in [0.1, 0.15) is 0 Å². The van der Waals surface area contributed by atoms with Crippen molar-refractivity contribution < 1.29 is 44.0 Å². The fraction of sp³-hybridized carbons (Fsp3) is 1.00. The summed E-state index contributed by atoms with van der Waals surface area (Å²) in [7, 11) is -4.02. The zero-order valence-corrected chi connectivity index (χ0v) is 11.8. The van der Waals surface area contributed by atoms with Gasteiger partial charge in [-0.2, -0.15) is 36.7 Å².